The average Bonchev–Trinajstić information content (AvgIpc) is 2.76. The number of carbonyl (C=O) groups excluding carboxylic acids is 1. The summed E-state index contributed by atoms with van der Waals surface area (Å²) in [5.74, 6) is 1.47. The van der Waals surface area contributed by atoms with E-state index in [1.165, 1.54) is 11.1 Å². The van der Waals surface area contributed by atoms with E-state index < -0.39 is 0 Å². The van der Waals surface area contributed by atoms with E-state index in [-0.39, 0.29) is 18.0 Å². The molecule has 1 amide bonds. The van der Waals surface area contributed by atoms with Crippen LogP contribution in [0.5, 0.6) is 0 Å². The standard InChI is InChI=1S/C25H30N4O2/c1-17(2)19-9-6-10-20(14-19)26-23(30)16-29-25(31)22-12-5-4-11-21(22)24(27-29)28-13-7-8-18(3)15-28/h4-6,9-12,14,17-18H,7-8,13,15-16H2,1-3H3,(H,26,30)/t18-/m0/s1. The van der Waals surface area contributed by atoms with Gasteiger partial charge in [-0.25, -0.2) is 4.68 Å². The molecule has 1 aromatic heterocycles. The lowest BCUT2D eigenvalue weighted by Gasteiger charge is -2.32. The summed E-state index contributed by atoms with van der Waals surface area (Å²) >= 11 is 0. The van der Waals surface area contributed by atoms with Gasteiger partial charge < -0.3 is 10.2 Å². The first-order valence-corrected chi connectivity index (χ1v) is 11.1. The molecule has 1 N–H and O–H groups in total. The van der Waals surface area contributed by atoms with Crippen molar-refractivity contribution in [2.75, 3.05) is 23.3 Å². The smallest absolute Gasteiger partial charge is 0.275 e. The van der Waals surface area contributed by atoms with Crippen LogP contribution in [0.25, 0.3) is 10.8 Å². The quantitative estimate of drug-likeness (QED) is 0.667. The van der Waals surface area contributed by atoms with Gasteiger partial charge >= 0.3 is 0 Å². The van der Waals surface area contributed by atoms with Crippen LogP contribution in [0.15, 0.2) is 53.3 Å². The molecule has 0 unspecified atom stereocenters. The average molecular weight is 419 g/mol. The van der Waals surface area contributed by atoms with Crippen molar-refractivity contribution >= 4 is 28.2 Å². The molecule has 1 saturated heterocycles. The summed E-state index contributed by atoms with van der Waals surface area (Å²) in [6.07, 6.45) is 2.30. The van der Waals surface area contributed by atoms with Crippen LogP contribution >= 0.6 is 0 Å². The molecule has 0 aliphatic carbocycles. The summed E-state index contributed by atoms with van der Waals surface area (Å²) < 4.78 is 1.30. The number of rotatable bonds is 5. The predicted molar refractivity (Wildman–Crippen MR) is 126 cm³/mol. The third-order valence-electron chi connectivity index (χ3n) is 5.94. The highest BCUT2D eigenvalue weighted by atomic mass is 16.2. The minimum Gasteiger partial charge on any atom is -0.354 e. The molecule has 0 saturated carbocycles. The van der Waals surface area contributed by atoms with E-state index in [0.717, 1.165) is 42.0 Å². The maximum absolute atomic E-state index is 13.1. The van der Waals surface area contributed by atoms with Crippen molar-refractivity contribution in [2.24, 2.45) is 5.92 Å². The molecule has 2 heterocycles. The van der Waals surface area contributed by atoms with Gasteiger partial charge in [-0.1, -0.05) is 51.1 Å². The van der Waals surface area contributed by atoms with Crippen molar-refractivity contribution in [3.8, 4) is 0 Å². The van der Waals surface area contributed by atoms with Gasteiger partial charge in [0, 0.05) is 24.2 Å². The predicted octanol–water partition coefficient (Wildman–Crippen LogP) is 4.39. The van der Waals surface area contributed by atoms with Crippen molar-refractivity contribution in [1.29, 1.82) is 0 Å². The van der Waals surface area contributed by atoms with Gasteiger partial charge in [0.05, 0.1) is 5.39 Å². The Balaban J connectivity index is 1.64. The van der Waals surface area contributed by atoms with Gasteiger partial charge in [-0.3, -0.25) is 9.59 Å². The molecular weight excluding hydrogens is 388 g/mol. The summed E-state index contributed by atoms with van der Waals surface area (Å²) in [7, 11) is 0. The number of carbonyl (C=O) groups is 1. The second-order valence-electron chi connectivity index (χ2n) is 8.85. The highest BCUT2D eigenvalue weighted by Crippen LogP contribution is 2.27. The molecule has 0 spiro atoms. The molecule has 1 fully saturated rings. The number of hydrogen-bond acceptors (Lipinski definition) is 4. The van der Waals surface area contributed by atoms with E-state index in [9.17, 15) is 9.59 Å². The van der Waals surface area contributed by atoms with Gasteiger partial charge in [0.1, 0.15) is 6.54 Å². The van der Waals surface area contributed by atoms with Crippen molar-refractivity contribution in [1.82, 2.24) is 9.78 Å². The molecule has 6 nitrogen and oxygen atoms in total. The van der Waals surface area contributed by atoms with Crippen LogP contribution in [0.3, 0.4) is 0 Å². The molecule has 1 aliphatic heterocycles. The fourth-order valence-corrected chi connectivity index (χ4v) is 4.25. The first-order chi connectivity index (χ1) is 14.9. The van der Waals surface area contributed by atoms with Gasteiger partial charge in [-0.2, -0.15) is 5.10 Å². The fourth-order valence-electron chi connectivity index (χ4n) is 4.25. The van der Waals surface area contributed by atoms with Crippen molar-refractivity contribution < 1.29 is 4.79 Å². The van der Waals surface area contributed by atoms with E-state index in [2.05, 4.69) is 36.1 Å². The van der Waals surface area contributed by atoms with E-state index in [1.807, 2.05) is 48.5 Å². The van der Waals surface area contributed by atoms with E-state index in [4.69, 9.17) is 0 Å². The molecule has 1 aliphatic rings. The number of fused-ring (bicyclic) bond motifs is 1. The van der Waals surface area contributed by atoms with Crippen LogP contribution < -0.4 is 15.8 Å². The zero-order valence-corrected chi connectivity index (χ0v) is 18.5. The first-order valence-electron chi connectivity index (χ1n) is 11.1. The van der Waals surface area contributed by atoms with Gasteiger partial charge in [0.15, 0.2) is 5.82 Å². The topological polar surface area (TPSA) is 67.2 Å². The maximum Gasteiger partial charge on any atom is 0.275 e. The molecule has 4 rings (SSSR count). The van der Waals surface area contributed by atoms with Crippen LogP contribution in [-0.2, 0) is 11.3 Å². The zero-order valence-electron chi connectivity index (χ0n) is 18.5. The second kappa shape index (κ2) is 8.92. The molecule has 0 radical (unpaired) electrons. The highest BCUT2D eigenvalue weighted by Gasteiger charge is 2.22. The van der Waals surface area contributed by atoms with Gasteiger partial charge in [0.2, 0.25) is 5.91 Å². The summed E-state index contributed by atoms with van der Waals surface area (Å²) in [5, 5.41) is 9.02. The molecule has 3 aromatic rings. The third-order valence-corrected chi connectivity index (χ3v) is 5.94. The number of amides is 1. The number of benzene rings is 2. The van der Waals surface area contributed by atoms with Gasteiger partial charge in [0.25, 0.3) is 5.56 Å². The minimum atomic E-state index is -0.260. The normalized spacial score (nSPS) is 16.6. The minimum absolute atomic E-state index is 0.119. The molecule has 162 valence electrons. The maximum atomic E-state index is 13.1. The Bertz CT molecular complexity index is 1150. The number of piperidine rings is 1. The summed E-state index contributed by atoms with van der Waals surface area (Å²) in [6, 6.07) is 15.4. The SMILES string of the molecule is CC(C)c1cccc(NC(=O)Cn2nc(N3CCC[C@H](C)C3)c3ccccc3c2=O)c1. The van der Waals surface area contributed by atoms with Crippen LogP contribution in [-0.4, -0.2) is 28.8 Å². The van der Waals surface area contributed by atoms with Crippen LogP contribution in [0, 0.1) is 5.92 Å². The lowest BCUT2D eigenvalue weighted by atomic mass is 10.00. The number of aromatic nitrogens is 2. The Hall–Kier alpha value is -3.15. The van der Waals surface area contributed by atoms with Crippen molar-refractivity contribution in [3.05, 3.63) is 64.4 Å². The Kier molecular flexibility index (Phi) is 6.07. The molecule has 1 atom stereocenters. The van der Waals surface area contributed by atoms with Crippen LogP contribution in [0.1, 0.15) is 45.1 Å². The summed E-state index contributed by atoms with van der Waals surface area (Å²) in [6.45, 7) is 8.16. The Morgan fingerprint density at radius 1 is 1.16 bits per heavy atom. The second-order valence-corrected chi connectivity index (χ2v) is 8.85. The van der Waals surface area contributed by atoms with Gasteiger partial charge in [-0.05, 0) is 48.4 Å². The highest BCUT2D eigenvalue weighted by molar-refractivity contribution is 5.93. The largest absolute Gasteiger partial charge is 0.354 e. The fraction of sp³-hybridized carbons (Fsp3) is 0.400. The Morgan fingerprint density at radius 2 is 1.94 bits per heavy atom. The molecule has 6 heteroatoms. The molecule has 31 heavy (non-hydrogen) atoms. The van der Waals surface area contributed by atoms with Crippen molar-refractivity contribution in [3.63, 3.8) is 0 Å². The number of nitrogens with one attached hydrogen (secondary N) is 1. The molecule has 0 bridgehead atoms. The van der Waals surface area contributed by atoms with E-state index >= 15 is 0 Å². The molecular formula is C25H30N4O2. The Morgan fingerprint density at radius 3 is 2.68 bits per heavy atom. The zero-order chi connectivity index (χ0) is 22.0. The number of nitrogens with zero attached hydrogens (tertiary/aromatic N) is 3. The number of anilines is 2. The van der Waals surface area contributed by atoms with Crippen LogP contribution in [0.4, 0.5) is 11.5 Å². The summed E-state index contributed by atoms with van der Waals surface area (Å²) in [4.78, 5) is 28.1. The summed E-state index contributed by atoms with van der Waals surface area (Å²) in [5.41, 5.74) is 1.64. The third kappa shape index (κ3) is 4.63. The van der Waals surface area contributed by atoms with E-state index in [0.29, 0.717) is 17.2 Å². The molecule has 2 aromatic carbocycles. The monoisotopic (exact) mass is 418 g/mol. The van der Waals surface area contributed by atoms with Crippen LogP contribution in [0.2, 0.25) is 0 Å². The van der Waals surface area contributed by atoms with Gasteiger partial charge in [-0.15, -0.1) is 0 Å². The van der Waals surface area contributed by atoms with Crippen molar-refractivity contribution in [2.45, 2.75) is 46.1 Å². The first kappa shape index (κ1) is 21.1. The van der Waals surface area contributed by atoms with E-state index in [1.54, 1.807) is 0 Å². The lowest BCUT2D eigenvalue weighted by Crippen LogP contribution is -2.38. The Labute approximate surface area is 182 Å². The number of hydrogen-bond donors (Lipinski definition) is 1. The lowest BCUT2D eigenvalue weighted by molar-refractivity contribution is -0.117.